The van der Waals surface area contributed by atoms with Crippen molar-refractivity contribution >= 4 is 11.8 Å². The van der Waals surface area contributed by atoms with Crippen LogP contribution >= 0.6 is 0 Å². The Morgan fingerprint density at radius 3 is 2.82 bits per heavy atom. The van der Waals surface area contributed by atoms with Gasteiger partial charge in [-0.3, -0.25) is 0 Å². The van der Waals surface area contributed by atoms with Crippen LogP contribution in [0.1, 0.15) is 12.8 Å². The average molecular weight is 298 g/mol. The maximum absolute atomic E-state index is 5.92. The molecule has 1 aliphatic heterocycles. The molecule has 3 rings (SSSR count). The van der Waals surface area contributed by atoms with E-state index >= 15 is 0 Å². The van der Waals surface area contributed by atoms with Gasteiger partial charge < -0.3 is 14.5 Å². The molecule has 0 amide bonds. The molecule has 0 aliphatic carbocycles. The Kier molecular flexibility index (Phi) is 4.42. The quantitative estimate of drug-likeness (QED) is 0.848. The predicted molar refractivity (Wildman–Crippen MR) is 88.7 cm³/mol. The van der Waals surface area contributed by atoms with Crippen LogP contribution in [0.2, 0.25) is 0 Å². The molecule has 5 nitrogen and oxygen atoms in total. The number of benzene rings is 1. The molecule has 1 aromatic heterocycles. The molecule has 0 spiro atoms. The van der Waals surface area contributed by atoms with Crippen molar-refractivity contribution < 1.29 is 4.74 Å². The molecular weight excluding hydrogens is 276 g/mol. The van der Waals surface area contributed by atoms with E-state index in [1.54, 1.807) is 0 Å². The molecule has 0 bridgehead atoms. The van der Waals surface area contributed by atoms with Gasteiger partial charge in [-0.15, -0.1) is 0 Å². The summed E-state index contributed by atoms with van der Waals surface area (Å²) in [5.74, 6) is 2.65. The van der Waals surface area contributed by atoms with Crippen molar-refractivity contribution in [2.75, 3.05) is 37.0 Å². The van der Waals surface area contributed by atoms with Crippen LogP contribution in [0, 0.1) is 0 Å². The number of ether oxygens (including phenoxy) is 1. The van der Waals surface area contributed by atoms with E-state index in [0.717, 1.165) is 30.5 Å². The lowest BCUT2D eigenvalue weighted by atomic mass is 10.2. The Morgan fingerprint density at radius 1 is 1.23 bits per heavy atom. The highest BCUT2D eigenvalue weighted by molar-refractivity contribution is 5.45. The number of nitrogens with zero attached hydrogens (tertiary/aromatic N) is 4. The third-order valence-electron chi connectivity index (χ3n) is 3.89. The summed E-state index contributed by atoms with van der Waals surface area (Å²) in [6.45, 7) is 1.71. The highest BCUT2D eigenvalue weighted by Crippen LogP contribution is 2.25. The lowest BCUT2D eigenvalue weighted by Gasteiger charge is -2.26. The largest absolute Gasteiger partial charge is 0.491 e. The molecule has 0 saturated carbocycles. The molecule has 1 aromatic carbocycles. The van der Waals surface area contributed by atoms with Crippen molar-refractivity contribution in [3.8, 4) is 5.75 Å². The summed E-state index contributed by atoms with van der Waals surface area (Å²) in [6.07, 6.45) is 4.13. The first-order valence-electron chi connectivity index (χ1n) is 7.69. The van der Waals surface area contributed by atoms with Crippen LogP contribution in [0.4, 0.5) is 11.8 Å². The van der Waals surface area contributed by atoms with Crippen molar-refractivity contribution in [3.63, 3.8) is 0 Å². The van der Waals surface area contributed by atoms with Gasteiger partial charge >= 0.3 is 0 Å². The first-order chi connectivity index (χ1) is 10.7. The molecule has 2 aromatic rings. The number of anilines is 2. The Morgan fingerprint density at radius 2 is 2.05 bits per heavy atom. The summed E-state index contributed by atoms with van der Waals surface area (Å²) in [7, 11) is 3.91. The average Bonchev–Trinajstić information content (AvgIpc) is 3.02. The minimum Gasteiger partial charge on any atom is -0.491 e. The summed E-state index contributed by atoms with van der Waals surface area (Å²) >= 11 is 0. The van der Waals surface area contributed by atoms with Gasteiger partial charge in [0.05, 0.1) is 6.04 Å². The minimum atomic E-state index is 0.366. The highest BCUT2D eigenvalue weighted by atomic mass is 16.5. The number of hydrogen-bond acceptors (Lipinski definition) is 5. The summed E-state index contributed by atoms with van der Waals surface area (Å²) in [5.41, 5.74) is 0. The van der Waals surface area contributed by atoms with E-state index in [0.29, 0.717) is 12.6 Å². The maximum Gasteiger partial charge on any atom is 0.226 e. The second kappa shape index (κ2) is 6.64. The van der Waals surface area contributed by atoms with E-state index in [2.05, 4.69) is 14.9 Å². The van der Waals surface area contributed by atoms with E-state index in [4.69, 9.17) is 4.74 Å². The summed E-state index contributed by atoms with van der Waals surface area (Å²) in [5, 5.41) is 0. The van der Waals surface area contributed by atoms with E-state index in [-0.39, 0.29) is 0 Å². The van der Waals surface area contributed by atoms with E-state index in [1.807, 2.05) is 61.6 Å². The Labute approximate surface area is 131 Å². The zero-order valence-electron chi connectivity index (χ0n) is 13.1. The number of para-hydroxylation sites is 1. The van der Waals surface area contributed by atoms with Crippen molar-refractivity contribution in [1.82, 2.24) is 9.97 Å². The van der Waals surface area contributed by atoms with Crippen molar-refractivity contribution in [2.24, 2.45) is 0 Å². The lowest BCUT2D eigenvalue weighted by Crippen LogP contribution is -2.35. The summed E-state index contributed by atoms with van der Waals surface area (Å²) < 4.78 is 5.92. The Hall–Kier alpha value is -2.30. The third-order valence-corrected chi connectivity index (χ3v) is 3.89. The van der Waals surface area contributed by atoms with Gasteiger partial charge in [0.1, 0.15) is 18.2 Å². The van der Waals surface area contributed by atoms with Crippen LogP contribution < -0.4 is 14.5 Å². The van der Waals surface area contributed by atoms with Crippen LogP contribution in [-0.2, 0) is 0 Å². The predicted octanol–water partition coefficient (Wildman–Crippen LogP) is 2.59. The van der Waals surface area contributed by atoms with Crippen LogP contribution in [0.15, 0.2) is 42.6 Å². The van der Waals surface area contributed by atoms with Gasteiger partial charge in [0.15, 0.2) is 0 Å². The van der Waals surface area contributed by atoms with Gasteiger partial charge in [-0.1, -0.05) is 18.2 Å². The second-order valence-corrected chi connectivity index (χ2v) is 5.72. The third kappa shape index (κ3) is 3.30. The fourth-order valence-electron chi connectivity index (χ4n) is 2.73. The van der Waals surface area contributed by atoms with Gasteiger partial charge in [0.2, 0.25) is 5.95 Å². The molecule has 1 fully saturated rings. The highest BCUT2D eigenvalue weighted by Gasteiger charge is 2.26. The molecule has 0 unspecified atom stereocenters. The Bertz CT molecular complexity index is 603. The fourth-order valence-corrected chi connectivity index (χ4v) is 2.73. The Balaban J connectivity index is 1.69. The molecular formula is C17H22N4O. The monoisotopic (exact) mass is 298 g/mol. The molecule has 2 heterocycles. The van der Waals surface area contributed by atoms with Crippen LogP contribution in [0.25, 0.3) is 0 Å². The zero-order chi connectivity index (χ0) is 15.4. The molecule has 0 N–H and O–H groups in total. The van der Waals surface area contributed by atoms with Gasteiger partial charge in [-0.05, 0) is 31.0 Å². The summed E-state index contributed by atoms with van der Waals surface area (Å²) in [4.78, 5) is 13.2. The first-order valence-corrected chi connectivity index (χ1v) is 7.69. The molecule has 1 saturated heterocycles. The smallest absolute Gasteiger partial charge is 0.226 e. The van der Waals surface area contributed by atoms with Gasteiger partial charge in [-0.25, -0.2) is 4.98 Å². The number of hydrogen-bond donors (Lipinski definition) is 0. The number of aromatic nitrogens is 2. The van der Waals surface area contributed by atoms with Gasteiger partial charge in [0.25, 0.3) is 0 Å². The van der Waals surface area contributed by atoms with Crippen molar-refractivity contribution in [3.05, 3.63) is 42.6 Å². The van der Waals surface area contributed by atoms with E-state index in [1.165, 1.54) is 6.42 Å². The molecule has 1 atom stereocenters. The number of rotatable bonds is 5. The van der Waals surface area contributed by atoms with Gasteiger partial charge in [0, 0.05) is 26.8 Å². The maximum atomic E-state index is 5.92. The van der Waals surface area contributed by atoms with Crippen LogP contribution in [0.3, 0.4) is 0 Å². The van der Waals surface area contributed by atoms with Crippen molar-refractivity contribution in [2.45, 2.75) is 18.9 Å². The molecule has 0 radical (unpaired) electrons. The van der Waals surface area contributed by atoms with Crippen molar-refractivity contribution in [1.29, 1.82) is 0 Å². The molecule has 1 aliphatic rings. The fraction of sp³-hybridized carbons (Fsp3) is 0.412. The standard InChI is InChI=1S/C17H22N4O/c1-20(2)17-18-11-10-16(19-17)21-12-6-7-14(21)13-22-15-8-4-3-5-9-15/h3-5,8-11,14H,6-7,12-13H2,1-2H3/t14-/m0/s1. The van der Waals surface area contributed by atoms with E-state index in [9.17, 15) is 0 Å². The summed E-state index contributed by atoms with van der Waals surface area (Å²) in [6, 6.07) is 12.3. The first kappa shape index (κ1) is 14.6. The normalized spacial score (nSPS) is 17.5. The second-order valence-electron chi connectivity index (χ2n) is 5.72. The van der Waals surface area contributed by atoms with E-state index < -0.39 is 0 Å². The zero-order valence-corrected chi connectivity index (χ0v) is 13.1. The van der Waals surface area contributed by atoms with Gasteiger partial charge in [-0.2, -0.15) is 4.98 Å². The SMILES string of the molecule is CN(C)c1nccc(N2CCC[C@H]2COc2ccccc2)n1. The molecule has 5 heteroatoms. The van der Waals surface area contributed by atoms with Crippen LogP contribution in [0.5, 0.6) is 5.75 Å². The topological polar surface area (TPSA) is 41.5 Å². The van der Waals surface area contributed by atoms with Crippen LogP contribution in [-0.4, -0.2) is 43.3 Å². The minimum absolute atomic E-state index is 0.366. The molecule has 116 valence electrons. The lowest BCUT2D eigenvalue weighted by molar-refractivity contribution is 0.288. The molecule has 22 heavy (non-hydrogen) atoms.